The number of phosphoric ester groups is 1. The number of hydrogen-bond acceptors (Lipinski definition) is 10. The molecular weight excluding hydrogens is 1000 g/mol. The van der Waals surface area contributed by atoms with E-state index in [1.807, 2.05) is 0 Å². The highest BCUT2D eigenvalue weighted by molar-refractivity contribution is 7.47. The quantitative estimate of drug-likeness (QED) is 0.0197. The minimum atomic E-state index is -4.76. The van der Waals surface area contributed by atoms with Crippen LogP contribution in [-0.4, -0.2) is 66.5 Å². The average Bonchev–Trinajstić information content (AvgIpc) is 3.43. The Hall–Kier alpha value is -2.82. The molecule has 11 nitrogen and oxygen atoms in total. The number of aliphatic hydroxyl groups is 1. The smallest absolute Gasteiger partial charge is 0.462 e. The summed E-state index contributed by atoms with van der Waals surface area (Å²) >= 11 is 0. The van der Waals surface area contributed by atoms with Crippen LogP contribution < -0.4 is 0 Å². The number of aliphatic hydroxyl groups excluding tert-OH is 1. The van der Waals surface area contributed by atoms with E-state index in [4.69, 9.17) is 23.3 Å². The van der Waals surface area contributed by atoms with Gasteiger partial charge < -0.3 is 24.2 Å². The van der Waals surface area contributed by atoms with E-state index in [2.05, 4.69) is 81.5 Å². The van der Waals surface area contributed by atoms with Gasteiger partial charge in [-0.15, -0.1) is 0 Å². The molecule has 454 valence electrons. The molecule has 0 saturated heterocycles. The molecule has 78 heavy (non-hydrogen) atoms. The van der Waals surface area contributed by atoms with Crippen LogP contribution in [0.3, 0.4) is 0 Å². The van der Waals surface area contributed by atoms with Crippen LogP contribution >= 0.6 is 7.82 Å². The van der Waals surface area contributed by atoms with E-state index >= 15 is 0 Å². The third-order valence-electron chi connectivity index (χ3n) is 13.9. The molecule has 3 unspecified atom stereocenters. The van der Waals surface area contributed by atoms with Crippen LogP contribution in [0, 0.1) is 0 Å². The lowest BCUT2D eigenvalue weighted by Gasteiger charge is -2.21. The Bertz CT molecular complexity index is 1540. The topological polar surface area (TPSA) is 155 Å². The van der Waals surface area contributed by atoms with Crippen molar-refractivity contribution in [2.24, 2.45) is 0 Å². The van der Waals surface area contributed by atoms with Gasteiger partial charge in [0.15, 0.2) is 6.10 Å². The van der Waals surface area contributed by atoms with E-state index in [0.717, 1.165) is 77.0 Å². The number of rotatable bonds is 60. The van der Waals surface area contributed by atoms with Crippen molar-refractivity contribution in [3.8, 4) is 0 Å². The highest BCUT2D eigenvalue weighted by atomic mass is 31.2. The molecule has 0 radical (unpaired) electrons. The Kier molecular flexibility index (Phi) is 58.1. The lowest BCUT2D eigenvalue weighted by atomic mass is 10.1. The van der Waals surface area contributed by atoms with Crippen LogP contribution in [0.1, 0.15) is 303 Å². The zero-order valence-electron chi connectivity index (χ0n) is 50.4. The van der Waals surface area contributed by atoms with E-state index in [1.54, 1.807) is 0 Å². The van der Waals surface area contributed by atoms with Crippen LogP contribution in [0.25, 0.3) is 0 Å². The number of esters is 3. The zero-order valence-corrected chi connectivity index (χ0v) is 51.3. The second-order valence-electron chi connectivity index (χ2n) is 21.5. The molecule has 0 rings (SSSR count). The summed E-state index contributed by atoms with van der Waals surface area (Å²) in [5.41, 5.74) is 0. The summed E-state index contributed by atoms with van der Waals surface area (Å²) in [7, 11) is -4.76. The molecule has 0 aliphatic rings. The van der Waals surface area contributed by atoms with Gasteiger partial charge in [0.1, 0.15) is 12.7 Å². The Morgan fingerprint density at radius 2 is 0.667 bits per heavy atom. The zero-order chi connectivity index (χ0) is 56.9. The number of unbranched alkanes of at least 4 members (excludes halogenated alkanes) is 33. The van der Waals surface area contributed by atoms with Gasteiger partial charge in [0, 0.05) is 19.3 Å². The highest BCUT2D eigenvalue weighted by Gasteiger charge is 2.28. The summed E-state index contributed by atoms with van der Waals surface area (Å²) in [6.45, 7) is 4.53. The second kappa shape index (κ2) is 60.3. The molecule has 0 fully saturated rings. The molecule has 0 saturated carbocycles. The lowest BCUT2D eigenvalue weighted by molar-refractivity contribution is -0.161. The molecular formula is C66H119O11P. The van der Waals surface area contributed by atoms with Crippen molar-refractivity contribution in [3.63, 3.8) is 0 Å². The first-order valence-electron chi connectivity index (χ1n) is 32.2. The maximum Gasteiger partial charge on any atom is 0.472 e. The average molecular weight is 1120 g/mol. The van der Waals surface area contributed by atoms with Gasteiger partial charge in [-0.3, -0.25) is 23.4 Å². The molecule has 0 aliphatic carbocycles. The summed E-state index contributed by atoms with van der Waals surface area (Å²) < 4.78 is 39.6. The van der Waals surface area contributed by atoms with E-state index in [0.29, 0.717) is 19.3 Å². The van der Waals surface area contributed by atoms with Crippen molar-refractivity contribution >= 4 is 25.7 Å². The summed E-state index contributed by atoms with van der Waals surface area (Å²) in [4.78, 5) is 48.7. The maximum atomic E-state index is 13.0. The minimum absolute atomic E-state index is 0.142. The second-order valence-corrected chi connectivity index (χ2v) is 23.0. The molecule has 0 aliphatic heterocycles. The summed E-state index contributed by atoms with van der Waals surface area (Å²) in [6, 6.07) is 0. The van der Waals surface area contributed by atoms with Crippen molar-refractivity contribution in [2.75, 3.05) is 26.4 Å². The Morgan fingerprint density at radius 1 is 0.372 bits per heavy atom. The Labute approximate surface area is 478 Å². The maximum absolute atomic E-state index is 13.0. The van der Waals surface area contributed by atoms with Gasteiger partial charge in [-0.05, 0) is 103 Å². The molecule has 0 spiro atoms. The first-order chi connectivity index (χ1) is 38.2. The molecule has 0 heterocycles. The molecule has 3 atom stereocenters. The first kappa shape index (κ1) is 75.2. The van der Waals surface area contributed by atoms with Crippen molar-refractivity contribution < 1.29 is 52.2 Å². The number of carbonyl (C=O) groups excluding carboxylic acids is 3. The Balaban J connectivity index is 4.70. The fourth-order valence-corrected chi connectivity index (χ4v) is 9.79. The normalized spacial score (nSPS) is 13.7. The van der Waals surface area contributed by atoms with E-state index < -0.39 is 57.8 Å². The lowest BCUT2D eigenvalue weighted by Crippen LogP contribution is -2.30. The Morgan fingerprint density at radius 3 is 1.05 bits per heavy atom. The van der Waals surface area contributed by atoms with Gasteiger partial charge in [0.2, 0.25) is 0 Å². The third kappa shape index (κ3) is 57.9. The van der Waals surface area contributed by atoms with Gasteiger partial charge in [-0.2, -0.15) is 0 Å². The van der Waals surface area contributed by atoms with Crippen LogP contribution in [0.5, 0.6) is 0 Å². The van der Waals surface area contributed by atoms with Gasteiger partial charge in [-0.25, -0.2) is 4.57 Å². The fourth-order valence-electron chi connectivity index (χ4n) is 9.01. The molecule has 0 aromatic rings. The largest absolute Gasteiger partial charge is 0.472 e. The van der Waals surface area contributed by atoms with Crippen LogP contribution in [-0.2, 0) is 42.2 Å². The van der Waals surface area contributed by atoms with Crippen LogP contribution in [0.2, 0.25) is 0 Å². The molecule has 12 heteroatoms. The van der Waals surface area contributed by atoms with Crippen LogP contribution in [0.4, 0.5) is 0 Å². The molecule has 0 aromatic carbocycles. The third-order valence-corrected chi connectivity index (χ3v) is 14.8. The van der Waals surface area contributed by atoms with E-state index in [9.17, 15) is 28.9 Å². The molecule has 2 N–H and O–H groups in total. The van der Waals surface area contributed by atoms with Gasteiger partial charge in [0.25, 0.3) is 0 Å². The molecule has 0 bridgehead atoms. The number of ether oxygens (including phenoxy) is 3. The molecule has 0 aromatic heterocycles. The first-order valence-corrected chi connectivity index (χ1v) is 33.7. The van der Waals surface area contributed by atoms with Gasteiger partial charge in [-0.1, -0.05) is 242 Å². The van der Waals surface area contributed by atoms with E-state index in [1.165, 1.54) is 167 Å². The summed E-state index contributed by atoms with van der Waals surface area (Å²) in [6.07, 6.45) is 67.5. The van der Waals surface area contributed by atoms with Crippen molar-refractivity contribution in [3.05, 3.63) is 60.8 Å². The fraction of sp³-hybridized carbons (Fsp3) is 0.803. The number of allylic oxidation sites excluding steroid dienone is 10. The molecule has 0 amide bonds. The summed E-state index contributed by atoms with van der Waals surface area (Å²) in [5.74, 6) is -1.48. The van der Waals surface area contributed by atoms with Gasteiger partial charge in [0.05, 0.1) is 19.8 Å². The number of phosphoric acid groups is 1. The van der Waals surface area contributed by atoms with E-state index in [-0.39, 0.29) is 25.9 Å². The highest BCUT2D eigenvalue weighted by Crippen LogP contribution is 2.43. The predicted molar refractivity (Wildman–Crippen MR) is 325 cm³/mol. The van der Waals surface area contributed by atoms with Crippen molar-refractivity contribution in [1.29, 1.82) is 0 Å². The number of carbonyl (C=O) groups is 3. The standard InChI is InChI=1S/C66H119O11P/c1-4-7-10-13-16-19-22-25-27-29-31-33-35-38-40-43-46-49-52-55-64(68)73-59-63(77-66(70)57-54-51-48-45-42-39-36-34-32-30-28-26-23-20-17-14-11-8-5-2)61-75-78(71,72)74-60-62(58-67)76-65(69)56-53-50-47-44-41-37-24-21-18-15-12-9-6-3/h9,12,18,21,25-28,37,41,62-63,67H,4-8,10-11,13-17,19-20,22-24,29-36,38-40,42-61H2,1-3H3,(H,71,72)/b12-9-,21-18-,27-25-,28-26-,41-37-. The predicted octanol–water partition coefficient (Wildman–Crippen LogP) is 19.5. The minimum Gasteiger partial charge on any atom is -0.462 e. The monoisotopic (exact) mass is 1120 g/mol. The number of hydrogen-bond donors (Lipinski definition) is 2. The van der Waals surface area contributed by atoms with Crippen molar-refractivity contribution in [1.82, 2.24) is 0 Å². The van der Waals surface area contributed by atoms with Gasteiger partial charge >= 0.3 is 25.7 Å². The SMILES string of the molecule is CC/C=C\C/C=C\C/C=C\CCCCCC(=O)OC(CO)COP(=O)(O)OCC(COC(=O)CCCCCCCCCCC/C=C\CCCCCCCC)OC(=O)CCCCCCCCCCC/C=C\CCCCCCCC. The summed E-state index contributed by atoms with van der Waals surface area (Å²) in [5, 5.41) is 9.83. The van der Waals surface area contributed by atoms with Crippen molar-refractivity contribution in [2.45, 2.75) is 315 Å². The van der Waals surface area contributed by atoms with Crippen LogP contribution in [0.15, 0.2) is 60.8 Å².